The smallest absolute Gasteiger partial charge is 0.0448 e. The van der Waals surface area contributed by atoms with Gasteiger partial charge in [0, 0.05) is 19.5 Å². The standard InChI is InChI=1S/C50H90S2/c1-7-11-15-19-23-25-29-33-37-45(35-31-27-21-17-13-9-3)39-47-41-49(51-43(47)5)50-42-48(44(6)52-50)40-46(36-32-28-22-18-14-10-4)38-34-30-26-24-20-16-12-8-2/h41-42,45-46H,7-40H2,1-6H3. The lowest BCUT2D eigenvalue weighted by molar-refractivity contribution is 0.400. The first-order valence-electron chi connectivity index (χ1n) is 23.7. The molecule has 0 spiro atoms. The molecule has 52 heavy (non-hydrogen) atoms. The van der Waals surface area contributed by atoms with E-state index in [1.807, 2.05) is 0 Å². The highest BCUT2D eigenvalue weighted by molar-refractivity contribution is 7.22. The Kier molecular flexibility index (Phi) is 29.8. The fourth-order valence-corrected chi connectivity index (χ4v) is 10.7. The molecule has 0 saturated heterocycles. The average molecular weight is 755 g/mol. The lowest BCUT2D eigenvalue weighted by atomic mass is 9.88. The molecule has 2 aromatic heterocycles. The van der Waals surface area contributed by atoms with Gasteiger partial charge in [0.2, 0.25) is 0 Å². The minimum absolute atomic E-state index is 0.868. The monoisotopic (exact) mass is 755 g/mol. The van der Waals surface area contributed by atoms with Crippen LogP contribution in [0.25, 0.3) is 9.75 Å². The summed E-state index contributed by atoms with van der Waals surface area (Å²) in [6, 6.07) is 5.26. The first-order chi connectivity index (χ1) is 25.5. The molecule has 2 unspecified atom stereocenters. The molecule has 2 aromatic rings. The Bertz CT molecular complexity index is 974. The fraction of sp³-hybridized carbons (Fsp3) is 0.840. The average Bonchev–Trinajstić information content (AvgIpc) is 3.70. The van der Waals surface area contributed by atoms with E-state index in [0.29, 0.717) is 0 Å². The van der Waals surface area contributed by atoms with E-state index >= 15 is 0 Å². The largest absolute Gasteiger partial charge is 0.139 e. The molecule has 0 aliphatic rings. The molecule has 2 heteroatoms. The molecule has 2 heterocycles. The minimum Gasteiger partial charge on any atom is -0.139 e. The SMILES string of the molecule is CCCCCCCCCCC(CCCCCCCC)Cc1cc(-c2cc(CC(CCCCCCCC)CCCCCCCCCC)c(C)s2)sc1C. The molecule has 0 aliphatic carbocycles. The Morgan fingerprint density at radius 1 is 0.346 bits per heavy atom. The van der Waals surface area contributed by atoms with Crippen molar-refractivity contribution in [2.45, 2.75) is 260 Å². The van der Waals surface area contributed by atoms with Crippen molar-refractivity contribution in [3.05, 3.63) is 33.0 Å². The van der Waals surface area contributed by atoms with Gasteiger partial charge in [0.15, 0.2) is 0 Å². The second kappa shape index (κ2) is 32.6. The van der Waals surface area contributed by atoms with Crippen molar-refractivity contribution >= 4 is 22.7 Å². The zero-order chi connectivity index (χ0) is 37.5. The van der Waals surface area contributed by atoms with Crippen molar-refractivity contribution in [2.75, 3.05) is 0 Å². The van der Waals surface area contributed by atoms with E-state index in [2.05, 4.69) is 76.3 Å². The van der Waals surface area contributed by atoms with Crippen LogP contribution >= 0.6 is 22.7 Å². The van der Waals surface area contributed by atoms with Gasteiger partial charge in [-0.05, 0) is 61.8 Å². The van der Waals surface area contributed by atoms with Gasteiger partial charge in [0.25, 0.3) is 0 Å². The Morgan fingerprint density at radius 3 is 0.827 bits per heavy atom. The van der Waals surface area contributed by atoms with Gasteiger partial charge < -0.3 is 0 Å². The van der Waals surface area contributed by atoms with Gasteiger partial charge in [-0.15, -0.1) is 22.7 Å². The predicted molar refractivity (Wildman–Crippen MR) is 242 cm³/mol. The van der Waals surface area contributed by atoms with Crippen LogP contribution < -0.4 is 0 Å². The lowest BCUT2D eigenvalue weighted by Gasteiger charge is -2.17. The van der Waals surface area contributed by atoms with Crippen molar-refractivity contribution in [2.24, 2.45) is 11.8 Å². The third-order valence-corrected chi connectivity index (χ3v) is 14.5. The van der Waals surface area contributed by atoms with E-state index in [9.17, 15) is 0 Å². The Labute approximate surface area is 335 Å². The highest BCUT2D eigenvalue weighted by atomic mass is 32.1. The van der Waals surface area contributed by atoms with Crippen LogP contribution in [0.1, 0.15) is 254 Å². The fourth-order valence-electron chi connectivity index (χ4n) is 8.57. The zero-order valence-electron chi connectivity index (χ0n) is 36.2. The van der Waals surface area contributed by atoms with Gasteiger partial charge in [-0.25, -0.2) is 0 Å². The molecule has 0 nitrogen and oxygen atoms in total. The number of hydrogen-bond acceptors (Lipinski definition) is 2. The van der Waals surface area contributed by atoms with Gasteiger partial charge in [-0.2, -0.15) is 0 Å². The van der Waals surface area contributed by atoms with Gasteiger partial charge >= 0.3 is 0 Å². The second-order valence-corrected chi connectivity index (χ2v) is 19.7. The van der Waals surface area contributed by atoms with E-state index in [1.54, 1.807) is 30.6 Å². The van der Waals surface area contributed by atoms with Gasteiger partial charge in [-0.1, -0.05) is 233 Å². The summed E-state index contributed by atoms with van der Waals surface area (Å²) in [4.78, 5) is 6.27. The van der Waals surface area contributed by atoms with Crippen LogP contribution in [0.15, 0.2) is 12.1 Å². The molecule has 0 amide bonds. The molecule has 2 atom stereocenters. The summed E-state index contributed by atoms with van der Waals surface area (Å²) in [6.45, 7) is 14.2. The summed E-state index contributed by atoms with van der Waals surface area (Å²) in [6.07, 6.45) is 48.4. The molecule has 0 radical (unpaired) electrons. The summed E-state index contributed by atoms with van der Waals surface area (Å²) < 4.78 is 0. The minimum atomic E-state index is 0.868. The van der Waals surface area contributed by atoms with E-state index in [0.717, 1.165) is 11.8 Å². The van der Waals surface area contributed by atoms with Crippen LogP contribution in [0, 0.1) is 25.7 Å². The zero-order valence-corrected chi connectivity index (χ0v) is 37.8. The summed E-state index contributed by atoms with van der Waals surface area (Å²) >= 11 is 4.18. The van der Waals surface area contributed by atoms with E-state index < -0.39 is 0 Å². The van der Waals surface area contributed by atoms with Gasteiger partial charge in [-0.3, -0.25) is 0 Å². The maximum Gasteiger partial charge on any atom is 0.0448 e. The molecule has 0 saturated carbocycles. The molecule has 302 valence electrons. The Hall–Kier alpha value is -0.600. The van der Waals surface area contributed by atoms with Crippen molar-refractivity contribution in [3.63, 3.8) is 0 Å². The van der Waals surface area contributed by atoms with Crippen LogP contribution in [0.5, 0.6) is 0 Å². The number of aryl methyl sites for hydroxylation is 2. The van der Waals surface area contributed by atoms with E-state index in [-0.39, 0.29) is 0 Å². The van der Waals surface area contributed by atoms with E-state index in [1.165, 1.54) is 218 Å². The molecule has 0 aliphatic heterocycles. The topological polar surface area (TPSA) is 0 Å². The van der Waals surface area contributed by atoms with Crippen LogP contribution in [0.4, 0.5) is 0 Å². The maximum atomic E-state index is 2.63. The number of rotatable bonds is 37. The molecular weight excluding hydrogens is 665 g/mol. The molecule has 0 fully saturated rings. The quantitative estimate of drug-likeness (QED) is 0.0603. The van der Waals surface area contributed by atoms with Crippen molar-refractivity contribution in [1.82, 2.24) is 0 Å². The summed E-state index contributed by atoms with van der Waals surface area (Å²) in [5.41, 5.74) is 3.33. The first-order valence-corrected chi connectivity index (χ1v) is 25.3. The lowest BCUT2D eigenvalue weighted by Crippen LogP contribution is -2.06. The number of hydrogen-bond donors (Lipinski definition) is 0. The number of thiophene rings is 2. The summed E-state index contributed by atoms with van der Waals surface area (Å²) in [5, 5.41) is 0. The van der Waals surface area contributed by atoms with Crippen molar-refractivity contribution in [3.8, 4) is 9.75 Å². The molecule has 0 aromatic carbocycles. The third kappa shape index (κ3) is 22.7. The van der Waals surface area contributed by atoms with Crippen LogP contribution in [0.3, 0.4) is 0 Å². The molecule has 0 bridgehead atoms. The third-order valence-electron chi connectivity index (χ3n) is 12.2. The summed E-state index contributed by atoms with van der Waals surface area (Å²) in [7, 11) is 0. The highest BCUT2D eigenvalue weighted by Crippen LogP contribution is 2.40. The predicted octanol–water partition coefficient (Wildman–Crippen LogP) is 19.0. The van der Waals surface area contributed by atoms with Crippen LogP contribution in [-0.4, -0.2) is 0 Å². The first kappa shape index (κ1) is 47.6. The van der Waals surface area contributed by atoms with Crippen LogP contribution in [0.2, 0.25) is 0 Å². The number of unbranched alkanes of at least 4 members (excludes halogenated alkanes) is 24. The van der Waals surface area contributed by atoms with Crippen molar-refractivity contribution < 1.29 is 0 Å². The second-order valence-electron chi connectivity index (χ2n) is 17.2. The van der Waals surface area contributed by atoms with E-state index in [4.69, 9.17) is 0 Å². The molecule has 0 N–H and O–H groups in total. The Morgan fingerprint density at radius 2 is 0.577 bits per heavy atom. The Balaban J connectivity index is 2.00. The maximum absolute atomic E-state index is 2.63. The highest BCUT2D eigenvalue weighted by Gasteiger charge is 2.18. The van der Waals surface area contributed by atoms with Crippen LogP contribution in [-0.2, 0) is 12.8 Å². The normalized spacial score (nSPS) is 13.0. The van der Waals surface area contributed by atoms with Gasteiger partial charge in [0.1, 0.15) is 0 Å². The van der Waals surface area contributed by atoms with Gasteiger partial charge in [0.05, 0.1) is 0 Å². The molecular formula is C50H90S2. The van der Waals surface area contributed by atoms with Crippen molar-refractivity contribution in [1.29, 1.82) is 0 Å². The molecule has 2 rings (SSSR count). The summed E-state index contributed by atoms with van der Waals surface area (Å²) in [5.74, 6) is 1.74.